The second-order valence-corrected chi connectivity index (χ2v) is 5.18. The van der Waals surface area contributed by atoms with E-state index in [0.29, 0.717) is 5.76 Å². The number of esters is 1. The Labute approximate surface area is 110 Å². The SMILES string of the molecule is CNC(c1ccc(C(=O)OC)o1)c1ccc(C)s1. The van der Waals surface area contributed by atoms with E-state index in [-0.39, 0.29) is 11.8 Å². The van der Waals surface area contributed by atoms with Gasteiger partial charge in [-0.15, -0.1) is 11.3 Å². The fourth-order valence-corrected chi connectivity index (χ4v) is 2.75. The van der Waals surface area contributed by atoms with Gasteiger partial charge in [0.2, 0.25) is 5.76 Å². The van der Waals surface area contributed by atoms with Gasteiger partial charge in [-0.2, -0.15) is 0 Å². The Morgan fingerprint density at radius 1 is 1.39 bits per heavy atom. The third kappa shape index (κ3) is 2.47. The zero-order valence-corrected chi connectivity index (χ0v) is 11.3. The average Bonchev–Trinajstić information content (AvgIpc) is 2.99. The van der Waals surface area contributed by atoms with Crippen molar-refractivity contribution < 1.29 is 13.9 Å². The van der Waals surface area contributed by atoms with Crippen LogP contribution >= 0.6 is 11.3 Å². The second-order valence-electron chi connectivity index (χ2n) is 3.86. The van der Waals surface area contributed by atoms with Gasteiger partial charge in [0.25, 0.3) is 0 Å². The first-order chi connectivity index (χ1) is 8.65. The summed E-state index contributed by atoms with van der Waals surface area (Å²) < 4.78 is 10.1. The Bertz CT molecular complexity index is 544. The van der Waals surface area contributed by atoms with Crippen molar-refractivity contribution in [2.45, 2.75) is 13.0 Å². The summed E-state index contributed by atoms with van der Waals surface area (Å²) in [5.74, 6) is 0.472. The molecule has 1 N–H and O–H groups in total. The van der Waals surface area contributed by atoms with Crippen molar-refractivity contribution in [1.29, 1.82) is 0 Å². The van der Waals surface area contributed by atoms with Crippen LogP contribution in [0.5, 0.6) is 0 Å². The van der Waals surface area contributed by atoms with Gasteiger partial charge in [0.15, 0.2) is 0 Å². The topological polar surface area (TPSA) is 51.5 Å². The van der Waals surface area contributed by atoms with Crippen LogP contribution in [0.2, 0.25) is 0 Å². The molecule has 2 aromatic rings. The van der Waals surface area contributed by atoms with E-state index in [2.05, 4.69) is 29.1 Å². The minimum absolute atomic E-state index is 0.0397. The van der Waals surface area contributed by atoms with Crippen molar-refractivity contribution in [3.63, 3.8) is 0 Å². The van der Waals surface area contributed by atoms with Crippen LogP contribution in [0.25, 0.3) is 0 Å². The first kappa shape index (κ1) is 12.9. The molecular formula is C13H15NO3S. The fourth-order valence-electron chi connectivity index (χ4n) is 1.75. The number of furan rings is 1. The van der Waals surface area contributed by atoms with Crippen molar-refractivity contribution in [2.75, 3.05) is 14.2 Å². The highest BCUT2D eigenvalue weighted by molar-refractivity contribution is 7.12. The maximum Gasteiger partial charge on any atom is 0.373 e. The molecule has 0 saturated carbocycles. The minimum atomic E-state index is -0.460. The minimum Gasteiger partial charge on any atom is -0.463 e. The van der Waals surface area contributed by atoms with Crippen LogP contribution in [0.3, 0.4) is 0 Å². The molecule has 4 nitrogen and oxygen atoms in total. The number of rotatable bonds is 4. The van der Waals surface area contributed by atoms with E-state index in [1.807, 2.05) is 7.05 Å². The molecule has 1 unspecified atom stereocenters. The Balaban J connectivity index is 2.28. The summed E-state index contributed by atoms with van der Waals surface area (Å²) in [4.78, 5) is 13.7. The number of carbonyl (C=O) groups is 1. The Hall–Kier alpha value is -1.59. The van der Waals surface area contributed by atoms with Gasteiger partial charge >= 0.3 is 5.97 Å². The largest absolute Gasteiger partial charge is 0.463 e. The normalized spacial score (nSPS) is 12.4. The van der Waals surface area contributed by atoms with Crippen LogP contribution < -0.4 is 5.32 Å². The van der Waals surface area contributed by atoms with Gasteiger partial charge in [0.1, 0.15) is 11.8 Å². The second kappa shape index (κ2) is 5.37. The first-order valence-corrected chi connectivity index (χ1v) is 6.39. The molecule has 0 aromatic carbocycles. The highest BCUT2D eigenvalue weighted by Gasteiger charge is 2.20. The van der Waals surface area contributed by atoms with Gasteiger partial charge in [-0.1, -0.05) is 0 Å². The highest BCUT2D eigenvalue weighted by Crippen LogP contribution is 2.29. The number of carbonyl (C=O) groups excluding carboxylic acids is 1. The van der Waals surface area contributed by atoms with Crippen molar-refractivity contribution in [3.8, 4) is 0 Å². The number of thiophene rings is 1. The van der Waals surface area contributed by atoms with E-state index in [4.69, 9.17) is 4.42 Å². The molecule has 1 atom stereocenters. The summed E-state index contributed by atoms with van der Waals surface area (Å²) in [7, 11) is 3.20. The molecule has 0 amide bonds. The molecule has 18 heavy (non-hydrogen) atoms. The molecule has 0 aliphatic rings. The van der Waals surface area contributed by atoms with E-state index in [1.165, 1.54) is 12.0 Å². The smallest absolute Gasteiger partial charge is 0.373 e. The molecule has 0 saturated heterocycles. The summed E-state index contributed by atoms with van der Waals surface area (Å²) in [6.07, 6.45) is 0. The molecule has 0 fully saturated rings. The Morgan fingerprint density at radius 3 is 2.72 bits per heavy atom. The van der Waals surface area contributed by atoms with Crippen LogP contribution in [-0.2, 0) is 4.74 Å². The molecule has 0 aliphatic carbocycles. The van der Waals surface area contributed by atoms with Crippen molar-refractivity contribution in [3.05, 3.63) is 45.5 Å². The zero-order chi connectivity index (χ0) is 13.1. The molecule has 2 rings (SSSR count). The molecule has 0 bridgehead atoms. The van der Waals surface area contributed by atoms with Crippen LogP contribution in [0, 0.1) is 6.92 Å². The van der Waals surface area contributed by atoms with Gasteiger partial charge < -0.3 is 14.5 Å². The lowest BCUT2D eigenvalue weighted by molar-refractivity contribution is 0.0562. The van der Waals surface area contributed by atoms with E-state index in [9.17, 15) is 4.79 Å². The van der Waals surface area contributed by atoms with Crippen LogP contribution in [0.15, 0.2) is 28.7 Å². The van der Waals surface area contributed by atoms with Gasteiger partial charge in [0.05, 0.1) is 7.11 Å². The van der Waals surface area contributed by atoms with E-state index < -0.39 is 5.97 Å². The maximum atomic E-state index is 11.3. The maximum absolute atomic E-state index is 11.3. The fraction of sp³-hybridized carbons (Fsp3) is 0.308. The van der Waals surface area contributed by atoms with E-state index in [0.717, 1.165) is 4.88 Å². The van der Waals surface area contributed by atoms with Crippen molar-refractivity contribution in [1.82, 2.24) is 5.32 Å². The summed E-state index contributed by atoms with van der Waals surface area (Å²) >= 11 is 1.70. The number of methoxy groups -OCH3 is 1. The molecular weight excluding hydrogens is 250 g/mol. The lowest BCUT2D eigenvalue weighted by atomic mass is 10.2. The number of hydrogen-bond donors (Lipinski definition) is 1. The van der Waals surface area contributed by atoms with Crippen molar-refractivity contribution >= 4 is 17.3 Å². The van der Waals surface area contributed by atoms with E-state index >= 15 is 0 Å². The lowest BCUT2D eigenvalue weighted by Gasteiger charge is -2.11. The van der Waals surface area contributed by atoms with Crippen LogP contribution in [0.4, 0.5) is 0 Å². The highest BCUT2D eigenvalue weighted by atomic mass is 32.1. The summed E-state index contributed by atoms with van der Waals surface area (Å²) in [5.41, 5.74) is 0. The molecule has 5 heteroatoms. The molecule has 0 radical (unpaired) electrons. The summed E-state index contributed by atoms with van der Waals surface area (Å²) in [6, 6.07) is 7.51. The average molecular weight is 265 g/mol. The van der Waals surface area contributed by atoms with Gasteiger partial charge in [-0.25, -0.2) is 4.79 Å². The first-order valence-electron chi connectivity index (χ1n) is 5.57. The Morgan fingerprint density at radius 2 is 2.17 bits per heavy atom. The third-order valence-electron chi connectivity index (χ3n) is 2.63. The molecule has 2 aromatic heterocycles. The number of ether oxygens (including phenoxy) is 1. The molecule has 2 heterocycles. The molecule has 0 aliphatic heterocycles. The molecule has 96 valence electrons. The number of aryl methyl sites for hydroxylation is 1. The van der Waals surface area contributed by atoms with E-state index in [1.54, 1.807) is 23.5 Å². The quantitative estimate of drug-likeness (QED) is 0.864. The Kier molecular flexibility index (Phi) is 3.84. The van der Waals surface area contributed by atoms with Crippen LogP contribution in [-0.4, -0.2) is 20.1 Å². The van der Waals surface area contributed by atoms with Gasteiger partial charge in [-0.3, -0.25) is 0 Å². The predicted octanol–water partition coefficient (Wildman–Crippen LogP) is 2.74. The van der Waals surface area contributed by atoms with Gasteiger partial charge in [-0.05, 0) is 38.2 Å². The summed E-state index contributed by atoms with van der Waals surface area (Å²) in [5, 5.41) is 3.18. The third-order valence-corrected chi connectivity index (χ3v) is 3.70. The number of nitrogens with one attached hydrogen (secondary N) is 1. The standard InChI is InChI=1S/C13H15NO3S/c1-8-4-7-11(18-8)12(14-2)9-5-6-10(17-9)13(15)16-3/h4-7,12,14H,1-3H3. The lowest BCUT2D eigenvalue weighted by Crippen LogP contribution is -2.15. The monoisotopic (exact) mass is 265 g/mol. The van der Waals surface area contributed by atoms with Crippen LogP contribution in [0.1, 0.15) is 32.1 Å². The number of hydrogen-bond acceptors (Lipinski definition) is 5. The predicted molar refractivity (Wildman–Crippen MR) is 70.0 cm³/mol. The van der Waals surface area contributed by atoms with Gasteiger partial charge in [0, 0.05) is 9.75 Å². The van der Waals surface area contributed by atoms with Crippen molar-refractivity contribution in [2.24, 2.45) is 0 Å². The molecule has 0 spiro atoms. The summed E-state index contributed by atoms with van der Waals surface area (Å²) in [6.45, 7) is 2.06. The zero-order valence-electron chi connectivity index (χ0n) is 10.5.